The van der Waals surface area contributed by atoms with E-state index < -0.39 is 26.2 Å². The fraction of sp³-hybridized carbons (Fsp3) is 0.964. The van der Waals surface area contributed by atoms with E-state index >= 15 is 0 Å². The van der Waals surface area contributed by atoms with Gasteiger partial charge < -0.3 is 4.90 Å². The number of nitrogens with one attached hydrogen (secondary N) is 4. The van der Waals surface area contributed by atoms with Crippen molar-refractivity contribution in [1.82, 2.24) is 39.1 Å². The van der Waals surface area contributed by atoms with E-state index in [-0.39, 0.29) is 16.2 Å². The van der Waals surface area contributed by atoms with Gasteiger partial charge in [-0.05, 0) is 26.3 Å². The number of hydrogen-bond acceptors (Lipinski definition) is 12. The molecule has 0 bridgehead atoms. The Morgan fingerprint density at radius 1 is 1.26 bits per heavy atom. The van der Waals surface area contributed by atoms with Crippen molar-refractivity contribution in [2.75, 3.05) is 78.2 Å². The average Bonchev–Trinajstić information content (AvgIpc) is 3.56. The minimum absolute atomic E-state index is 0.207. The van der Waals surface area contributed by atoms with E-state index in [2.05, 4.69) is 58.9 Å². The molecule has 2 saturated heterocycles. The van der Waals surface area contributed by atoms with Crippen LogP contribution in [0, 0.1) is 5.92 Å². The van der Waals surface area contributed by atoms with Crippen molar-refractivity contribution in [1.29, 1.82) is 0 Å². The van der Waals surface area contributed by atoms with Crippen LogP contribution in [-0.2, 0) is 4.79 Å². The van der Waals surface area contributed by atoms with Crippen molar-refractivity contribution < 1.29 is 13.3 Å². The van der Waals surface area contributed by atoms with Crippen LogP contribution >= 0.6 is 44.9 Å². The van der Waals surface area contributed by atoms with Crippen LogP contribution in [-0.4, -0.2) is 144 Å². The second-order valence-electron chi connectivity index (χ2n) is 12.9. The number of thioether (sulfide) groups is 1. The van der Waals surface area contributed by atoms with Gasteiger partial charge in [0.15, 0.2) is 0 Å². The summed E-state index contributed by atoms with van der Waals surface area (Å²) in [5.74, 6) is 0.667. The topological polar surface area (TPSA) is 119 Å². The number of fused-ring (bicyclic) bond motifs is 1. The van der Waals surface area contributed by atoms with Crippen molar-refractivity contribution in [2.45, 2.75) is 86.7 Å². The summed E-state index contributed by atoms with van der Waals surface area (Å²) in [7, 11) is 6.02. The number of likely N-dealkylation sites (N-methyl/N-ethyl adjacent to an activating group) is 1. The van der Waals surface area contributed by atoms with E-state index in [1.807, 2.05) is 40.8 Å². The summed E-state index contributed by atoms with van der Waals surface area (Å²) in [5, 5.41) is 25.9. The van der Waals surface area contributed by atoms with Crippen molar-refractivity contribution in [3.8, 4) is 0 Å². The minimum atomic E-state index is -2.08. The number of hydrogen-bond donors (Lipinski definition) is 7. The number of alkyl halides is 1. The predicted octanol–water partition coefficient (Wildman–Crippen LogP) is 0.989. The molecule has 42 heavy (non-hydrogen) atoms. The summed E-state index contributed by atoms with van der Waals surface area (Å²) in [4.78, 5) is 18.6. The molecule has 0 spiro atoms. The maximum absolute atomic E-state index is 12.4. The maximum atomic E-state index is 12.4. The van der Waals surface area contributed by atoms with Gasteiger partial charge >= 0.3 is 165 Å². The number of thiol groups is 1. The van der Waals surface area contributed by atoms with Gasteiger partial charge in [0, 0.05) is 31.0 Å². The number of carbonyl (C=O) groups is 1. The Hall–Kier alpha value is 0.540. The van der Waals surface area contributed by atoms with Crippen LogP contribution in [0.1, 0.15) is 53.4 Å². The third kappa shape index (κ3) is 11.1. The number of likely N-dealkylation sites (tertiary alicyclic amines) is 1. The Morgan fingerprint density at radius 2 is 1.95 bits per heavy atom. The number of nitrogens with zero attached hydrogens (tertiary/aromatic N) is 4. The first-order chi connectivity index (χ1) is 19.7. The number of amides is 1. The molecular formula is C28H59IN8O3S2. The Labute approximate surface area is 272 Å². The number of carbonyl (C=O) groups excluding carboxylic acids is 1. The molecule has 0 radical (unpaired) electrons. The molecule has 3 aliphatic rings. The van der Waals surface area contributed by atoms with Gasteiger partial charge in [0.25, 0.3) is 0 Å². The molecule has 11 nitrogen and oxygen atoms in total. The van der Waals surface area contributed by atoms with Crippen molar-refractivity contribution in [3.63, 3.8) is 0 Å². The summed E-state index contributed by atoms with van der Waals surface area (Å²) in [6.07, 6.45) is 4.28. The van der Waals surface area contributed by atoms with E-state index in [1.54, 1.807) is 0 Å². The fourth-order valence-corrected chi connectivity index (χ4v) is 10.9. The standard InChI is InChI=1S/C28H59IN8O3S2/c1-8-36(19-29(40)34(5)6)14-11-31-27(3,39)18-32-28(4)33-26-21(2)15-22(23(41)16-24(26)42-28)35(7)20-30-17-25(38)37-12-9-10-13-37/h21-24,26,30-33,39-41H,8-20H2,1-7H3/t21?,22?,23-,24?,26?,27?,28+/m1/s1. The van der Waals surface area contributed by atoms with E-state index in [1.165, 1.54) is 0 Å². The third-order valence-corrected chi connectivity index (χ3v) is 14.7. The Bertz CT molecular complexity index is 843. The monoisotopic (exact) mass is 746 g/mol. The molecule has 2 aliphatic heterocycles. The van der Waals surface area contributed by atoms with Crippen LogP contribution in [0.5, 0.6) is 0 Å². The molecule has 1 aliphatic carbocycles. The van der Waals surface area contributed by atoms with Crippen LogP contribution in [0.3, 0.4) is 0 Å². The molecule has 3 fully saturated rings. The molecule has 1 amide bonds. The molecule has 0 aromatic heterocycles. The predicted molar refractivity (Wildman–Crippen MR) is 187 cm³/mol. The molecule has 1 saturated carbocycles. The van der Waals surface area contributed by atoms with Crippen LogP contribution in [0.25, 0.3) is 0 Å². The molecule has 2 heterocycles. The second-order valence-corrected chi connectivity index (χ2v) is 19.6. The summed E-state index contributed by atoms with van der Waals surface area (Å²) in [6, 6.07) is 0.688. The zero-order valence-electron chi connectivity index (χ0n) is 26.9. The van der Waals surface area contributed by atoms with Gasteiger partial charge in [-0.3, -0.25) is 15.0 Å². The van der Waals surface area contributed by atoms with Crippen molar-refractivity contribution in [2.24, 2.45) is 5.92 Å². The Balaban J connectivity index is 1.43. The molecule has 6 N–H and O–H groups in total. The van der Waals surface area contributed by atoms with E-state index in [0.29, 0.717) is 49.6 Å². The number of rotatable bonds is 16. The van der Waals surface area contributed by atoms with Gasteiger partial charge in [-0.25, -0.2) is 0 Å². The number of aliphatic hydroxyl groups is 1. The SMILES string of the molecule is CCN(CCNC(C)(O)CN[C@@]1(C)NC2C(C)CC(N(C)CNCC(=O)N3CCCC3)[C@H](S)CC2S1)CI(O)N(C)C. The normalized spacial score (nSPS) is 32.0. The second kappa shape index (κ2) is 16.9. The molecule has 7 atom stereocenters. The van der Waals surface area contributed by atoms with Crippen LogP contribution in [0.15, 0.2) is 0 Å². The van der Waals surface area contributed by atoms with E-state index in [9.17, 15) is 13.3 Å². The summed E-state index contributed by atoms with van der Waals surface area (Å²) in [5.41, 5.74) is -1.05. The molecule has 5 unspecified atom stereocenters. The summed E-state index contributed by atoms with van der Waals surface area (Å²) >= 11 is 4.93. The third-order valence-electron chi connectivity index (χ3n) is 8.85. The van der Waals surface area contributed by atoms with Crippen molar-refractivity contribution >= 4 is 50.8 Å². The molecule has 248 valence electrons. The first kappa shape index (κ1) is 37.0. The molecule has 0 aromatic rings. The van der Waals surface area contributed by atoms with E-state index in [0.717, 1.165) is 56.4 Å². The van der Waals surface area contributed by atoms with Crippen LogP contribution in [0.2, 0.25) is 0 Å². The summed E-state index contributed by atoms with van der Waals surface area (Å²) < 4.78 is 13.0. The van der Waals surface area contributed by atoms with Gasteiger partial charge in [0.1, 0.15) is 0 Å². The summed E-state index contributed by atoms with van der Waals surface area (Å²) in [6.45, 7) is 14.0. The number of halogens is 1. The zero-order valence-corrected chi connectivity index (χ0v) is 30.8. The van der Waals surface area contributed by atoms with Crippen LogP contribution < -0.4 is 21.3 Å². The molecular weight excluding hydrogens is 687 g/mol. The first-order valence-electron chi connectivity index (χ1n) is 15.5. The van der Waals surface area contributed by atoms with Crippen molar-refractivity contribution in [3.05, 3.63) is 0 Å². The van der Waals surface area contributed by atoms with Crippen LogP contribution in [0.4, 0.5) is 0 Å². The van der Waals surface area contributed by atoms with E-state index in [4.69, 9.17) is 12.6 Å². The Kier molecular flexibility index (Phi) is 14.9. The van der Waals surface area contributed by atoms with Gasteiger partial charge in [-0.1, -0.05) is 6.92 Å². The molecule has 0 aromatic carbocycles. The molecule has 14 heteroatoms. The zero-order chi connectivity index (χ0) is 31.1. The first-order valence-corrected chi connectivity index (χ1v) is 20.4. The fourth-order valence-electron chi connectivity index (χ4n) is 6.15. The van der Waals surface area contributed by atoms with Gasteiger partial charge in [-0.2, -0.15) is 12.6 Å². The van der Waals surface area contributed by atoms with Gasteiger partial charge in [0.2, 0.25) is 5.91 Å². The van der Waals surface area contributed by atoms with Gasteiger partial charge in [-0.15, -0.1) is 0 Å². The average molecular weight is 747 g/mol. The quantitative estimate of drug-likeness (QED) is 0.0307. The Morgan fingerprint density at radius 3 is 2.60 bits per heavy atom. The molecule has 3 rings (SSSR count). The van der Waals surface area contributed by atoms with Gasteiger partial charge in [0.05, 0.1) is 6.54 Å².